The minimum absolute atomic E-state index is 0.197. The number of hydrogen-bond donors (Lipinski definition) is 2. The maximum absolute atomic E-state index is 12.4. The number of rotatable bonds is 1. The minimum Gasteiger partial charge on any atom is -0.396 e. The molecule has 1 rings (SSSR count). The summed E-state index contributed by atoms with van der Waals surface area (Å²) >= 11 is 0. The van der Waals surface area contributed by atoms with Crippen molar-refractivity contribution in [3.8, 4) is 0 Å². The first kappa shape index (κ1) is 12.6. The van der Waals surface area contributed by atoms with Gasteiger partial charge in [0.15, 0.2) is 0 Å². The number of halogens is 3. The van der Waals surface area contributed by atoms with Gasteiger partial charge in [-0.1, -0.05) is 0 Å². The van der Waals surface area contributed by atoms with Crippen LogP contribution in [-0.2, 0) is 6.18 Å². The standard InChI is InChI=1S/C10H14F3N3/c1-9(2,3)16-7-4-8(10(11,12)13)15-5-6(7)14/h4-5H,14H2,1-3H3,(H,15,16). The van der Waals surface area contributed by atoms with Crippen LogP contribution in [0.15, 0.2) is 12.3 Å². The summed E-state index contributed by atoms with van der Waals surface area (Å²) in [4.78, 5) is 3.25. The largest absolute Gasteiger partial charge is 0.433 e. The fourth-order valence-corrected chi connectivity index (χ4v) is 1.13. The lowest BCUT2D eigenvalue weighted by atomic mass is 10.1. The van der Waals surface area contributed by atoms with Crippen molar-refractivity contribution in [3.05, 3.63) is 18.0 Å². The SMILES string of the molecule is CC(C)(C)Nc1cc(C(F)(F)F)ncc1N. The molecule has 90 valence electrons. The number of nitrogens with two attached hydrogens (primary N) is 1. The molecule has 16 heavy (non-hydrogen) atoms. The Hall–Kier alpha value is -1.46. The lowest BCUT2D eigenvalue weighted by Crippen LogP contribution is -2.27. The number of nitrogen functional groups attached to an aromatic ring is 1. The first-order chi connectivity index (χ1) is 7.09. The van der Waals surface area contributed by atoms with E-state index in [1.807, 2.05) is 20.8 Å². The topological polar surface area (TPSA) is 50.9 Å². The maximum atomic E-state index is 12.4. The molecule has 0 saturated carbocycles. The van der Waals surface area contributed by atoms with Crippen LogP contribution >= 0.6 is 0 Å². The molecular formula is C10H14F3N3. The molecule has 0 amide bonds. The van der Waals surface area contributed by atoms with Crippen LogP contribution in [0.5, 0.6) is 0 Å². The van der Waals surface area contributed by atoms with Gasteiger partial charge in [-0.15, -0.1) is 0 Å². The number of nitrogens with one attached hydrogen (secondary N) is 1. The fourth-order valence-electron chi connectivity index (χ4n) is 1.13. The third kappa shape index (κ3) is 3.29. The Kier molecular flexibility index (Phi) is 3.03. The van der Waals surface area contributed by atoms with Gasteiger partial charge >= 0.3 is 6.18 Å². The van der Waals surface area contributed by atoms with Gasteiger partial charge in [-0.3, -0.25) is 0 Å². The van der Waals surface area contributed by atoms with Crippen LogP contribution in [0, 0.1) is 0 Å². The molecule has 0 radical (unpaired) electrons. The van der Waals surface area contributed by atoms with E-state index in [1.165, 1.54) is 0 Å². The van der Waals surface area contributed by atoms with Crippen molar-refractivity contribution in [1.82, 2.24) is 4.98 Å². The molecule has 0 atom stereocenters. The lowest BCUT2D eigenvalue weighted by molar-refractivity contribution is -0.141. The smallest absolute Gasteiger partial charge is 0.396 e. The van der Waals surface area contributed by atoms with Crippen LogP contribution in [0.3, 0.4) is 0 Å². The van der Waals surface area contributed by atoms with Gasteiger partial charge in [0, 0.05) is 5.54 Å². The van der Waals surface area contributed by atoms with Crippen LogP contribution in [0.1, 0.15) is 26.5 Å². The zero-order valence-electron chi connectivity index (χ0n) is 9.31. The molecule has 3 nitrogen and oxygen atoms in total. The third-order valence-electron chi connectivity index (χ3n) is 1.73. The van der Waals surface area contributed by atoms with Gasteiger partial charge < -0.3 is 11.1 Å². The van der Waals surface area contributed by atoms with E-state index in [2.05, 4.69) is 10.3 Å². The van der Waals surface area contributed by atoms with Gasteiger partial charge in [-0.25, -0.2) is 4.98 Å². The monoisotopic (exact) mass is 233 g/mol. The van der Waals surface area contributed by atoms with Crippen molar-refractivity contribution in [2.45, 2.75) is 32.5 Å². The number of alkyl halides is 3. The van der Waals surface area contributed by atoms with Gasteiger partial charge in [0.1, 0.15) is 5.69 Å². The summed E-state index contributed by atoms with van der Waals surface area (Å²) in [6, 6.07) is 0.917. The van der Waals surface area contributed by atoms with Crippen LogP contribution in [-0.4, -0.2) is 10.5 Å². The Labute approximate surface area is 91.9 Å². The molecule has 3 N–H and O–H groups in total. The molecule has 6 heteroatoms. The second kappa shape index (κ2) is 3.84. The van der Waals surface area contributed by atoms with E-state index in [9.17, 15) is 13.2 Å². The molecular weight excluding hydrogens is 219 g/mol. The van der Waals surface area contributed by atoms with E-state index in [1.54, 1.807) is 0 Å². The van der Waals surface area contributed by atoms with Crippen LogP contribution in [0.4, 0.5) is 24.5 Å². The van der Waals surface area contributed by atoms with Gasteiger partial charge in [-0.05, 0) is 26.8 Å². The molecule has 0 aromatic carbocycles. The van der Waals surface area contributed by atoms with Crippen LogP contribution in [0.2, 0.25) is 0 Å². The number of nitrogens with zero attached hydrogens (tertiary/aromatic N) is 1. The molecule has 1 aromatic heterocycles. The molecule has 0 aliphatic heterocycles. The van der Waals surface area contributed by atoms with Crippen LogP contribution in [0.25, 0.3) is 0 Å². The summed E-state index contributed by atoms with van der Waals surface area (Å²) in [5, 5.41) is 2.90. The zero-order valence-corrected chi connectivity index (χ0v) is 9.31. The van der Waals surface area contributed by atoms with Crippen molar-refractivity contribution in [2.24, 2.45) is 0 Å². The number of pyridine rings is 1. The van der Waals surface area contributed by atoms with Crippen molar-refractivity contribution < 1.29 is 13.2 Å². The van der Waals surface area contributed by atoms with E-state index >= 15 is 0 Å². The lowest BCUT2D eigenvalue weighted by Gasteiger charge is -2.23. The average Bonchev–Trinajstić information content (AvgIpc) is 2.04. The summed E-state index contributed by atoms with van der Waals surface area (Å²) in [6.07, 6.45) is -3.45. The van der Waals surface area contributed by atoms with E-state index in [-0.39, 0.29) is 16.9 Å². The average molecular weight is 233 g/mol. The Bertz CT molecular complexity index is 380. The molecule has 1 aromatic rings. The zero-order chi connectivity index (χ0) is 12.6. The highest BCUT2D eigenvalue weighted by molar-refractivity contribution is 5.66. The second-order valence-electron chi connectivity index (χ2n) is 4.53. The normalized spacial score (nSPS) is 12.6. The summed E-state index contributed by atoms with van der Waals surface area (Å²) in [5.74, 6) is 0. The second-order valence-corrected chi connectivity index (χ2v) is 4.53. The first-order valence-electron chi connectivity index (χ1n) is 4.70. The van der Waals surface area contributed by atoms with E-state index in [0.29, 0.717) is 0 Å². The predicted octanol–water partition coefficient (Wildman–Crippen LogP) is 2.89. The van der Waals surface area contributed by atoms with Crippen molar-refractivity contribution in [3.63, 3.8) is 0 Å². The highest BCUT2D eigenvalue weighted by Gasteiger charge is 2.33. The van der Waals surface area contributed by atoms with Gasteiger partial charge in [0.05, 0.1) is 17.6 Å². The van der Waals surface area contributed by atoms with E-state index in [4.69, 9.17) is 5.73 Å². The van der Waals surface area contributed by atoms with E-state index in [0.717, 1.165) is 12.3 Å². The van der Waals surface area contributed by atoms with Crippen molar-refractivity contribution >= 4 is 11.4 Å². The van der Waals surface area contributed by atoms with Crippen molar-refractivity contribution in [2.75, 3.05) is 11.1 Å². The fraction of sp³-hybridized carbons (Fsp3) is 0.500. The quantitative estimate of drug-likeness (QED) is 0.784. The molecule has 0 aliphatic rings. The Morgan fingerprint density at radius 2 is 1.81 bits per heavy atom. The number of anilines is 2. The molecule has 0 aliphatic carbocycles. The molecule has 1 heterocycles. The van der Waals surface area contributed by atoms with E-state index < -0.39 is 11.9 Å². The summed E-state index contributed by atoms with van der Waals surface area (Å²) < 4.78 is 37.2. The maximum Gasteiger partial charge on any atom is 0.433 e. The number of aromatic nitrogens is 1. The number of hydrogen-bond acceptors (Lipinski definition) is 3. The Morgan fingerprint density at radius 3 is 2.25 bits per heavy atom. The third-order valence-corrected chi connectivity index (χ3v) is 1.73. The van der Waals surface area contributed by atoms with Crippen LogP contribution < -0.4 is 11.1 Å². The van der Waals surface area contributed by atoms with Gasteiger partial charge in [-0.2, -0.15) is 13.2 Å². The Morgan fingerprint density at radius 1 is 1.25 bits per heavy atom. The molecule has 0 saturated heterocycles. The molecule has 0 spiro atoms. The highest BCUT2D eigenvalue weighted by Crippen LogP contribution is 2.31. The first-order valence-corrected chi connectivity index (χ1v) is 4.70. The van der Waals surface area contributed by atoms with Gasteiger partial charge in [0.2, 0.25) is 0 Å². The molecule has 0 bridgehead atoms. The summed E-state index contributed by atoms with van der Waals surface area (Å²) in [7, 11) is 0. The predicted molar refractivity (Wildman–Crippen MR) is 57.0 cm³/mol. The Balaban J connectivity index is 3.10. The minimum atomic E-state index is -4.46. The molecule has 0 unspecified atom stereocenters. The molecule has 0 fully saturated rings. The summed E-state index contributed by atoms with van der Waals surface area (Å²) in [5.41, 5.74) is 4.68. The van der Waals surface area contributed by atoms with Crippen molar-refractivity contribution in [1.29, 1.82) is 0 Å². The summed E-state index contributed by atoms with van der Waals surface area (Å²) in [6.45, 7) is 5.50. The van der Waals surface area contributed by atoms with Gasteiger partial charge in [0.25, 0.3) is 0 Å². The highest BCUT2D eigenvalue weighted by atomic mass is 19.4.